The van der Waals surface area contributed by atoms with Crippen molar-refractivity contribution in [2.45, 2.75) is 18.7 Å². The van der Waals surface area contributed by atoms with Gasteiger partial charge in [0.15, 0.2) is 0 Å². The first-order valence-corrected chi connectivity index (χ1v) is 8.83. The van der Waals surface area contributed by atoms with Crippen molar-refractivity contribution < 1.29 is 12.8 Å². The van der Waals surface area contributed by atoms with Gasteiger partial charge in [0, 0.05) is 16.1 Å². The smallest absolute Gasteiger partial charge is 0.237 e. The minimum absolute atomic E-state index is 0.0538. The fourth-order valence-electron chi connectivity index (χ4n) is 2.39. The quantitative estimate of drug-likeness (QED) is 0.659. The summed E-state index contributed by atoms with van der Waals surface area (Å²) in [6.45, 7) is 3.64. The molecule has 1 aromatic heterocycles. The highest BCUT2D eigenvalue weighted by molar-refractivity contribution is 9.10. The van der Waals surface area contributed by atoms with E-state index in [2.05, 4.69) is 15.9 Å². The first kappa shape index (κ1) is 15.2. The van der Waals surface area contributed by atoms with E-state index in [9.17, 15) is 12.8 Å². The minimum Gasteiger partial charge on any atom is -0.237 e. The Morgan fingerprint density at radius 3 is 2.32 bits per heavy atom. The van der Waals surface area contributed by atoms with Gasteiger partial charge in [-0.25, -0.2) is 16.8 Å². The molecule has 0 saturated carbocycles. The van der Waals surface area contributed by atoms with Crippen molar-refractivity contribution in [3.05, 3.63) is 64.0 Å². The number of aromatic nitrogens is 1. The van der Waals surface area contributed by atoms with Crippen molar-refractivity contribution in [1.29, 1.82) is 0 Å². The Hall–Kier alpha value is -1.66. The van der Waals surface area contributed by atoms with Gasteiger partial charge in [0.1, 0.15) is 11.3 Å². The van der Waals surface area contributed by atoms with Crippen LogP contribution < -0.4 is 0 Å². The summed E-state index contributed by atoms with van der Waals surface area (Å²) in [5, 5.41) is 0.535. The lowest BCUT2D eigenvalue weighted by atomic mass is 10.2. The van der Waals surface area contributed by atoms with E-state index in [1.165, 1.54) is 24.4 Å². The third-order valence-corrected chi connectivity index (χ3v) is 5.80. The van der Waals surface area contributed by atoms with Crippen LogP contribution >= 0.6 is 15.9 Å². The molecule has 0 N–H and O–H groups in total. The van der Waals surface area contributed by atoms with Gasteiger partial charge >= 0.3 is 0 Å². The van der Waals surface area contributed by atoms with Gasteiger partial charge in [-0.05, 0) is 59.6 Å². The molecule has 0 radical (unpaired) electrons. The van der Waals surface area contributed by atoms with Gasteiger partial charge in [0.05, 0.1) is 4.90 Å². The zero-order chi connectivity index (χ0) is 16.1. The van der Waals surface area contributed by atoms with Crippen molar-refractivity contribution >= 4 is 36.9 Å². The maximum atomic E-state index is 14.3. The second-order valence-electron chi connectivity index (χ2n) is 5.23. The Labute approximate surface area is 136 Å². The maximum Gasteiger partial charge on any atom is 0.268 e. The number of halogens is 2. The number of hydrogen-bond acceptors (Lipinski definition) is 2. The van der Waals surface area contributed by atoms with Crippen molar-refractivity contribution in [2.24, 2.45) is 0 Å². The molecule has 3 aromatic rings. The first-order valence-electron chi connectivity index (χ1n) is 6.59. The van der Waals surface area contributed by atoms with Gasteiger partial charge in [-0.3, -0.25) is 0 Å². The van der Waals surface area contributed by atoms with Crippen LogP contribution in [0.2, 0.25) is 0 Å². The molecule has 0 spiro atoms. The van der Waals surface area contributed by atoms with Gasteiger partial charge in [0.2, 0.25) is 0 Å². The lowest BCUT2D eigenvalue weighted by molar-refractivity contribution is 0.586. The number of hydrogen-bond donors (Lipinski definition) is 0. The molecule has 3 rings (SSSR count). The molecule has 114 valence electrons. The second kappa shape index (κ2) is 5.21. The highest BCUT2D eigenvalue weighted by Crippen LogP contribution is 2.32. The van der Waals surface area contributed by atoms with Crippen LogP contribution in [0.15, 0.2) is 52.0 Å². The SMILES string of the molecule is Cc1ccc(S(=O)(=O)n2cc(Br)c3cc(C)cc(F)c32)cc1. The molecule has 6 heteroatoms. The molecule has 22 heavy (non-hydrogen) atoms. The average Bonchev–Trinajstić information content (AvgIpc) is 2.78. The number of fused-ring (bicyclic) bond motifs is 1. The van der Waals surface area contributed by atoms with E-state index >= 15 is 0 Å². The van der Waals surface area contributed by atoms with Gasteiger partial charge in [-0.1, -0.05) is 17.7 Å². The van der Waals surface area contributed by atoms with E-state index in [1.807, 2.05) is 6.92 Å². The fourth-order valence-corrected chi connectivity index (χ4v) is 4.41. The topological polar surface area (TPSA) is 39.1 Å². The summed E-state index contributed by atoms with van der Waals surface area (Å²) in [5.41, 5.74) is 1.74. The molecule has 0 amide bonds. The molecule has 0 aliphatic carbocycles. The largest absolute Gasteiger partial charge is 0.268 e. The third kappa shape index (κ3) is 2.36. The highest BCUT2D eigenvalue weighted by Gasteiger charge is 2.23. The van der Waals surface area contributed by atoms with E-state index in [-0.39, 0.29) is 10.4 Å². The van der Waals surface area contributed by atoms with Crippen LogP contribution in [-0.2, 0) is 10.0 Å². The van der Waals surface area contributed by atoms with Crippen LogP contribution in [0.5, 0.6) is 0 Å². The predicted molar refractivity (Wildman–Crippen MR) is 88.1 cm³/mol. The predicted octanol–water partition coefficient (Wildman–Crippen LogP) is 4.40. The van der Waals surface area contributed by atoms with E-state index in [1.54, 1.807) is 25.1 Å². The van der Waals surface area contributed by atoms with Crippen molar-refractivity contribution in [3.63, 3.8) is 0 Å². The van der Waals surface area contributed by atoms with Gasteiger partial charge in [-0.15, -0.1) is 0 Å². The molecule has 0 aliphatic rings. The molecule has 0 bridgehead atoms. The Morgan fingerprint density at radius 2 is 1.68 bits per heavy atom. The molecule has 1 heterocycles. The van der Waals surface area contributed by atoms with Gasteiger partial charge < -0.3 is 0 Å². The minimum atomic E-state index is -3.85. The number of aryl methyl sites for hydroxylation is 2. The summed E-state index contributed by atoms with van der Waals surface area (Å²) in [4.78, 5) is 0.127. The van der Waals surface area contributed by atoms with Crippen LogP contribution in [0.4, 0.5) is 4.39 Å². The summed E-state index contributed by atoms with van der Waals surface area (Å²) >= 11 is 3.31. The van der Waals surface area contributed by atoms with Gasteiger partial charge in [-0.2, -0.15) is 0 Å². The van der Waals surface area contributed by atoms with Crippen LogP contribution in [0.1, 0.15) is 11.1 Å². The Balaban J connectivity index is 2.32. The van der Waals surface area contributed by atoms with E-state index in [0.717, 1.165) is 15.1 Å². The van der Waals surface area contributed by atoms with Crippen molar-refractivity contribution in [2.75, 3.05) is 0 Å². The first-order chi connectivity index (χ1) is 10.3. The Morgan fingerprint density at radius 1 is 1.05 bits per heavy atom. The molecular formula is C16H13BrFNO2S. The second-order valence-corrected chi connectivity index (χ2v) is 7.90. The average molecular weight is 382 g/mol. The number of benzene rings is 2. The highest BCUT2D eigenvalue weighted by atomic mass is 79.9. The van der Waals surface area contributed by atoms with Gasteiger partial charge in [0.25, 0.3) is 10.0 Å². The molecule has 0 fully saturated rings. The molecule has 0 aliphatic heterocycles. The number of nitrogens with zero attached hydrogens (tertiary/aromatic N) is 1. The molecule has 0 saturated heterocycles. The van der Waals surface area contributed by atoms with E-state index in [0.29, 0.717) is 9.86 Å². The van der Waals surface area contributed by atoms with Crippen LogP contribution in [0, 0.1) is 19.7 Å². The van der Waals surface area contributed by atoms with Crippen molar-refractivity contribution in [3.8, 4) is 0 Å². The van der Waals surface area contributed by atoms with Crippen LogP contribution in [0.25, 0.3) is 10.9 Å². The maximum absolute atomic E-state index is 14.3. The Bertz CT molecular complexity index is 976. The summed E-state index contributed by atoms with van der Waals surface area (Å²) < 4.78 is 41.4. The molecule has 0 unspecified atom stereocenters. The molecule has 3 nitrogen and oxygen atoms in total. The normalized spacial score (nSPS) is 12.0. The summed E-state index contributed by atoms with van der Waals surface area (Å²) in [6, 6.07) is 9.56. The van der Waals surface area contributed by atoms with E-state index < -0.39 is 15.8 Å². The lowest BCUT2D eigenvalue weighted by Crippen LogP contribution is -2.12. The molecule has 2 aromatic carbocycles. The molecular weight excluding hydrogens is 369 g/mol. The van der Waals surface area contributed by atoms with Crippen molar-refractivity contribution in [1.82, 2.24) is 3.97 Å². The lowest BCUT2D eigenvalue weighted by Gasteiger charge is -2.08. The van der Waals surface area contributed by atoms with Crippen LogP contribution in [0.3, 0.4) is 0 Å². The van der Waals surface area contributed by atoms with E-state index in [4.69, 9.17) is 0 Å². The summed E-state index contributed by atoms with van der Waals surface area (Å²) in [7, 11) is -3.85. The Kier molecular flexibility index (Phi) is 3.61. The standard InChI is InChI=1S/C16H13BrFNO2S/c1-10-3-5-12(6-4-10)22(20,21)19-9-14(17)13-7-11(2)8-15(18)16(13)19/h3-9H,1-2H3. The van der Waals surface area contributed by atoms with Crippen LogP contribution in [-0.4, -0.2) is 12.4 Å². The summed E-state index contributed by atoms with van der Waals surface area (Å²) in [6.07, 6.45) is 1.39. The monoisotopic (exact) mass is 381 g/mol. The zero-order valence-electron chi connectivity index (χ0n) is 12.0. The molecule has 0 atom stereocenters. The fraction of sp³-hybridized carbons (Fsp3) is 0.125. The summed E-state index contributed by atoms with van der Waals surface area (Å²) in [5.74, 6) is -0.559. The number of rotatable bonds is 2. The zero-order valence-corrected chi connectivity index (χ0v) is 14.4. The third-order valence-electron chi connectivity index (χ3n) is 3.49.